The van der Waals surface area contributed by atoms with E-state index in [1.807, 2.05) is 24.3 Å². The molecular formula is C7H10N2O. The Morgan fingerprint density at radius 1 is 1.60 bits per heavy atom. The summed E-state index contributed by atoms with van der Waals surface area (Å²) < 4.78 is 0. The number of rotatable bonds is 1. The standard InChI is InChI=1S/C7H10N2O/c8-9-7(10)6-4-2-1-3-5-6/h1-4,6H,5,8H2,(H,9,10). The topological polar surface area (TPSA) is 55.1 Å². The highest BCUT2D eigenvalue weighted by Crippen LogP contribution is 2.10. The van der Waals surface area contributed by atoms with E-state index in [9.17, 15) is 4.79 Å². The molecule has 1 amide bonds. The molecule has 1 unspecified atom stereocenters. The minimum Gasteiger partial charge on any atom is -0.294 e. The van der Waals surface area contributed by atoms with Crippen LogP contribution in [0.1, 0.15) is 6.42 Å². The molecule has 1 aliphatic carbocycles. The van der Waals surface area contributed by atoms with E-state index in [0.717, 1.165) is 6.42 Å². The lowest BCUT2D eigenvalue weighted by Gasteiger charge is -2.09. The van der Waals surface area contributed by atoms with Gasteiger partial charge in [0.1, 0.15) is 0 Å². The van der Waals surface area contributed by atoms with Crippen molar-refractivity contribution in [3.8, 4) is 0 Å². The number of carbonyl (C=O) groups is 1. The number of hydrazine groups is 1. The zero-order valence-electron chi connectivity index (χ0n) is 5.58. The van der Waals surface area contributed by atoms with Crippen LogP contribution in [0.5, 0.6) is 0 Å². The molecule has 3 N–H and O–H groups in total. The predicted octanol–water partition coefficient (Wildman–Crippen LogP) is 0.109. The molecule has 3 heteroatoms. The third kappa shape index (κ3) is 1.45. The summed E-state index contributed by atoms with van der Waals surface area (Å²) in [6, 6.07) is 0. The summed E-state index contributed by atoms with van der Waals surface area (Å²) in [5.74, 6) is 4.75. The normalized spacial score (nSPS) is 22.7. The number of allylic oxidation sites excluding steroid dienone is 3. The fraction of sp³-hybridized carbons (Fsp3) is 0.286. The van der Waals surface area contributed by atoms with Gasteiger partial charge in [0, 0.05) is 0 Å². The van der Waals surface area contributed by atoms with Crippen LogP contribution in [0, 0.1) is 5.92 Å². The van der Waals surface area contributed by atoms with Crippen LogP contribution in [-0.2, 0) is 4.79 Å². The molecule has 1 aliphatic rings. The van der Waals surface area contributed by atoms with Crippen LogP contribution in [0.25, 0.3) is 0 Å². The fourth-order valence-corrected chi connectivity index (χ4v) is 0.882. The lowest BCUT2D eigenvalue weighted by molar-refractivity contribution is -0.123. The zero-order chi connectivity index (χ0) is 7.40. The van der Waals surface area contributed by atoms with E-state index in [4.69, 9.17) is 5.84 Å². The Kier molecular flexibility index (Phi) is 2.23. The molecule has 0 aromatic heterocycles. The molecule has 3 nitrogen and oxygen atoms in total. The van der Waals surface area contributed by atoms with Crippen LogP contribution in [-0.4, -0.2) is 5.91 Å². The Labute approximate surface area is 59.6 Å². The maximum atomic E-state index is 10.8. The van der Waals surface area contributed by atoms with Gasteiger partial charge in [-0.1, -0.05) is 24.3 Å². The molecule has 1 rings (SSSR count). The average molecular weight is 138 g/mol. The SMILES string of the molecule is NNC(=O)C1C=CC=CC1. The van der Waals surface area contributed by atoms with Gasteiger partial charge in [-0.15, -0.1) is 0 Å². The van der Waals surface area contributed by atoms with Crippen LogP contribution in [0.4, 0.5) is 0 Å². The number of amides is 1. The minimum absolute atomic E-state index is 0.0741. The molecule has 0 heterocycles. The zero-order valence-corrected chi connectivity index (χ0v) is 5.58. The van der Waals surface area contributed by atoms with E-state index >= 15 is 0 Å². The van der Waals surface area contributed by atoms with Gasteiger partial charge >= 0.3 is 0 Å². The van der Waals surface area contributed by atoms with Crippen molar-refractivity contribution >= 4 is 5.91 Å². The van der Waals surface area contributed by atoms with Crippen molar-refractivity contribution in [3.63, 3.8) is 0 Å². The first-order chi connectivity index (χ1) is 4.84. The first-order valence-electron chi connectivity index (χ1n) is 3.18. The molecule has 0 aliphatic heterocycles. The molecule has 10 heavy (non-hydrogen) atoms. The van der Waals surface area contributed by atoms with E-state index < -0.39 is 0 Å². The van der Waals surface area contributed by atoms with Gasteiger partial charge in [0.15, 0.2) is 0 Å². The van der Waals surface area contributed by atoms with Crippen LogP contribution in [0.2, 0.25) is 0 Å². The second kappa shape index (κ2) is 3.17. The van der Waals surface area contributed by atoms with Crippen molar-refractivity contribution in [1.29, 1.82) is 0 Å². The second-order valence-corrected chi connectivity index (χ2v) is 2.16. The summed E-state index contributed by atoms with van der Waals surface area (Å²) in [6.45, 7) is 0. The monoisotopic (exact) mass is 138 g/mol. The van der Waals surface area contributed by atoms with Crippen molar-refractivity contribution in [2.24, 2.45) is 11.8 Å². The largest absolute Gasteiger partial charge is 0.294 e. The Balaban J connectivity index is 2.51. The molecule has 54 valence electrons. The van der Waals surface area contributed by atoms with Crippen LogP contribution in [0.3, 0.4) is 0 Å². The summed E-state index contributed by atoms with van der Waals surface area (Å²) in [7, 11) is 0. The van der Waals surface area contributed by atoms with Gasteiger partial charge in [-0.05, 0) is 6.42 Å². The van der Waals surface area contributed by atoms with Gasteiger partial charge in [0.25, 0.3) is 0 Å². The highest BCUT2D eigenvalue weighted by atomic mass is 16.2. The summed E-state index contributed by atoms with van der Waals surface area (Å²) in [5.41, 5.74) is 2.11. The first kappa shape index (κ1) is 7.02. The highest BCUT2D eigenvalue weighted by molar-refractivity contribution is 5.80. The second-order valence-electron chi connectivity index (χ2n) is 2.16. The van der Waals surface area contributed by atoms with E-state index in [1.165, 1.54) is 0 Å². The van der Waals surface area contributed by atoms with Crippen molar-refractivity contribution in [3.05, 3.63) is 24.3 Å². The maximum absolute atomic E-state index is 10.8. The summed E-state index contributed by atoms with van der Waals surface area (Å²) in [5, 5.41) is 0. The average Bonchev–Trinajstić information content (AvgIpc) is 2.05. The molecule has 0 spiro atoms. The smallest absolute Gasteiger partial charge is 0.241 e. The van der Waals surface area contributed by atoms with Crippen LogP contribution < -0.4 is 11.3 Å². The number of nitrogens with one attached hydrogen (secondary N) is 1. The summed E-state index contributed by atoms with van der Waals surface area (Å²) in [4.78, 5) is 10.8. The first-order valence-corrected chi connectivity index (χ1v) is 3.18. The molecular weight excluding hydrogens is 128 g/mol. The van der Waals surface area contributed by atoms with Gasteiger partial charge in [0.2, 0.25) is 5.91 Å². The Morgan fingerprint density at radius 2 is 2.40 bits per heavy atom. The fourth-order valence-electron chi connectivity index (χ4n) is 0.882. The molecule has 0 radical (unpaired) electrons. The number of carbonyl (C=O) groups excluding carboxylic acids is 1. The van der Waals surface area contributed by atoms with E-state index in [2.05, 4.69) is 5.43 Å². The third-order valence-corrected chi connectivity index (χ3v) is 1.46. The Bertz CT molecular complexity index is 184. The van der Waals surface area contributed by atoms with Crippen molar-refractivity contribution < 1.29 is 4.79 Å². The minimum atomic E-state index is -0.124. The summed E-state index contributed by atoms with van der Waals surface area (Å²) in [6.07, 6.45) is 8.30. The van der Waals surface area contributed by atoms with Crippen molar-refractivity contribution in [2.75, 3.05) is 0 Å². The quantitative estimate of drug-likeness (QED) is 0.307. The van der Waals surface area contributed by atoms with Gasteiger partial charge in [-0.3, -0.25) is 10.2 Å². The molecule has 0 aromatic rings. The highest BCUT2D eigenvalue weighted by Gasteiger charge is 2.12. The molecule has 0 bridgehead atoms. The Hall–Kier alpha value is -1.09. The maximum Gasteiger partial charge on any atom is 0.241 e. The Morgan fingerprint density at radius 3 is 2.90 bits per heavy atom. The lowest BCUT2D eigenvalue weighted by Crippen LogP contribution is -2.35. The molecule has 0 fully saturated rings. The molecule has 0 aromatic carbocycles. The lowest BCUT2D eigenvalue weighted by atomic mass is 10.0. The summed E-state index contributed by atoms with van der Waals surface area (Å²) >= 11 is 0. The predicted molar refractivity (Wildman–Crippen MR) is 38.7 cm³/mol. The third-order valence-electron chi connectivity index (χ3n) is 1.46. The molecule has 0 saturated carbocycles. The van der Waals surface area contributed by atoms with Gasteiger partial charge < -0.3 is 0 Å². The van der Waals surface area contributed by atoms with Crippen LogP contribution >= 0.6 is 0 Å². The van der Waals surface area contributed by atoms with E-state index in [0.29, 0.717) is 0 Å². The van der Waals surface area contributed by atoms with Crippen molar-refractivity contribution in [1.82, 2.24) is 5.43 Å². The molecule has 1 atom stereocenters. The van der Waals surface area contributed by atoms with E-state index in [-0.39, 0.29) is 11.8 Å². The number of nitrogens with two attached hydrogens (primary N) is 1. The van der Waals surface area contributed by atoms with Gasteiger partial charge in [0.05, 0.1) is 5.92 Å². The van der Waals surface area contributed by atoms with Crippen molar-refractivity contribution in [2.45, 2.75) is 6.42 Å². The van der Waals surface area contributed by atoms with Crippen LogP contribution in [0.15, 0.2) is 24.3 Å². The molecule has 0 saturated heterocycles. The van der Waals surface area contributed by atoms with E-state index in [1.54, 1.807) is 0 Å². The number of hydrogen-bond donors (Lipinski definition) is 2. The van der Waals surface area contributed by atoms with Gasteiger partial charge in [-0.25, -0.2) is 5.84 Å². The number of hydrogen-bond acceptors (Lipinski definition) is 2. The van der Waals surface area contributed by atoms with Gasteiger partial charge in [-0.2, -0.15) is 0 Å².